The van der Waals surface area contributed by atoms with E-state index in [1.807, 2.05) is 6.92 Å². The molecule has 3 atom stereocenters. The monoisotopic (exact) mass is 254 g/mol. The van der Waals surface area contributed by atoms with Crippen molar-refractivity contribution >= 4 is 17.8 Å². The molecule has 0 saturated carbocycles. The summed E-state index contributed by atoms with van der Waals surface area (Å²) in [5, 5.41) is 11.8. The van der Waals surface area contributed by atoms with Crippen molar-refractivity contribution in [2.75, 3.05) is 6.54 Å². The van der Waals surface area contributed by atoms with E-state index in [-0.39, 0.29) is 17.7 Å². The lowest BCUT2D eigenvalue weighted by Crippen LogP contribution is -2.56. The van der Waals surface area contributed by atoms with Gasteiger partial charge in [-0.05, 0) is 25.2 Å². The molecule has 3 unspecified atom stereocenters. The number of carbonyl (C=O) groups is 3. The number of piperidine rings is 1. The number of carbonyl (C=O) groups excluding carboxylic acids is 2. The molecule has 0 aromatic heterocycles. The van der Waals surface area contributed by atoms with Crippen LogP contribution in [0.3, 0.4) is 0 Å². The lowest BCUT2D eigenvalue weighted by atomic mass is 9.90. The molecular formula is C12H18N2O4. The number of hydrogen-bond donors (Lipinski definition) is 2. The number of aliphatic carboxylic acids is 1. The summed E-state index contributed by atoms with van der Waals surface area (Å²) in [4.78, 5) is 36.1. The van der Waals surface area contributed by atoms with Crippen molar-refractivity contribution in [3.05, 3.63) is 0 Å². The predicted molar refractivity (Wildman–Crippen MR) is 62.7 cm³/mol. The molecule has 2 aliphatic rings. The first-order valence-electron chi connectivity index (χ1n) is 6.33. The van der Waals surface area contributed by atoms with Crippen molar-refractivity contribution in [1.82, 2.24) is 10.2 Å². The van der Waals surface area contributed by atoms with E-state index >= 15 is 0 Å². The minimum Gasteiger partial charge on any atom is -0.480 e. The van der Waals surface area contributed by atoms with E-state index in [2.05, 4.69) is 5.32 Å². The van der Waals surface area contributed by atoms with Crippen LogP contribution < -0.4 is 5.32 Å². The van der Waals surface area contributed by atoms with Gasteiger partial charge in [-0.15, -0.1) is 0 Å². The summed E-state index contributed by atoms with van der Waals surface area (Å²) in [5.74, 6) is -1.39. The van der Waals surface area contributed by atoms with Crippen molar-refractivity contribution in [2.24, 2.45) is 5.92 Å². The van der Waals surface area contributed by atoms with Gasteiger partial charge in [0.1, 0.15) is 12.1 Å². The lowest BCUT2D eigenvalue weighted by molar-refractivity contribution is -0.155. The fourth-order valence-electron chi connectivity index (χ4n) is 2.81. The second-order valence-electron chi connectivity index (χ2n) is 5.09. The van der Waals surface area contributed by atoms with Crippen LogP contribution in [0.15, 0.2) is 0 Å². The molecule has 2 heterocycles. The molecule has 0 aromatic rings. The minimum atomic E-state index is -0.958. The molecule has 0 radical (unpaired) electrons. The minimum absolute atomic E-state index is 0.0442. The Bertz CT molecular complexity index is 382. The summed E-state index contributed by atoms with van der Waals surface area (Å²) < 4.78 is 0. The van der Waals surface area contributed by atoms with Crippen molar-refractivity contribution in [3.63, 3.8) is 0 Å². The van der Waals surface area contributed by atoms with Gasteiger partial charge in [0.25, 0.3) is 0 Å². The summed E-state index contributed by atoms with van der Waals surface area (Å²) >= 11 is 0. The Kier molecular flexibility index (Phi) is 3.54. The molecule has 2 aliphatic heterocycles. The Hall–Kier alpha value is -1.59. The van der Waals surface area contributed by atoms with Crippen LogP contribution in [-0.2, 0) is 14.4 Å². The normalized spacial score (nSPS) is 32.2. The van der Waals surface area contributed by atoms with Gasteiger partial charge in [0.05, 0.1) is 0 Å². The van der Waals surface area contributed by atoms with Crippen LogP contribution >= 0.6 is 0 Å². The van der Waals surface area contributed by atoms with E-state index in [1.54, 1.807) is 0 Å². The summed E-state index contributed by atoms with van der Waals surface area (Å²) in [6, 6.07) is -1.30. The van der Waals surface area contributed by atoms with Crippen LogP contribution in [0.4, 0.5) is 0 Å². The highest BCUT2D eigenvalue weighted by Crippen LogP contribution is 2.25. The zero-order valence-electron chi connectivity index (χ0n) is 10.4. The number of nitrogens with one attached hydrogen (secondary N) is 1. The molecule has 0 spiro atoms. The Balaban J connectivity index is 2.11. The van der Waals surface area contributed by atoms with Crippen LogP contribution in [0, 0.1) is 5.92 Å². The van der Waals surface area contributed by atoms with Crippen LogP contribution in [0.2, 0.25) is 0 Å². The first-order chi connectivity index (χ1) is 8.50. The summed E-state index contributed by atoms with van der Waals surface area (Å²) in [6.07, 6.45) is 2.45. The van der Waals surface area contributed by atoms with Crippen molar-refractivity contribution < 1.29 is 19.5 Å². The molecule has 2 N–H and O–H groups in total. The van der Waals surface area contributed by atoms with Gasteiger partial charge in [-0.25, -0.2) is 4.79 Å². The molecule has 2 rings (SSSR count). The summed E-state index contributed by atoms with van der Waals surface area (Å²) in [5.41, 5.74) is 0. The largest absolute Gasteiger partial charge is 0.480 e. The highest BCUT2D eigenvalue weighted by molar-refractivity contribution is 5.93. The molecule has 100 valence electrons. The Morgan fingerprint density at radius 3 is 2.67 bits per heavy atom. The smallest absolute Gasteiger partial charge is 0.326 e. The molecule has 2 amide bonds. The van der Waals surface area contributed by atoms with E-state index in [4.69, 9.17) is 0 Å². The fourth-order valence-corrected chi connectivity index (χ4v) is 2.81. The highest BCUT2D eigenvalue weighted by atomic mass is 16.4. The number of carboxylic acid groups (broad SMARTS) is 1. The zero-order chi connectivity index (χ0) is 13.3. The van der Waals surface area contributed by atoms with Crippen LogP contribution in [0.1, 0.15) is 32.6 Å². The van der Waals surface area contributed by atoms with Crippen molar-refractivity contribution in [3.8, 4) is 0 Å². The van der Waals surface area contributed by atoms with Gasteiger partial charge >= 0.3 is 5.97 Å². The molecule has 2 saturated heterocycles. The van der Waals surface area contributed by atoms with Gasteiger partial charge in [0, 0.05) is 13.0 Å². The van der Waals surface area contributed by atoms with Gasteiger partial charge in [-0.3, -0.25) is 9.59 Å². The number of rotatable bonds is 2. The molecule has 6 nitrogen and oxygen atoms in total. The second-order valence-corrected chi connectivity index (χ2v) is 5.09. The molecule has 0 bridgehead atoms. The average Bonchev–Trinajstić information content (AvgIpc) is 2.74. The fraction of sp³-hybridized carbons (Fsp3) is 0.750. The van der Waals surface area contributed by atoms with Crippen molar-refractivity contribution in [2.45, 2.75) is 44.7 Å². The van der Waals surface area contributed by atoms with E-state index < -0.39 is 18.1 Å². The maximum absolute atomic E-state index is 12.3. The van der Waals surface area contributed by atoms with Crippen molar-refractivity contribution in [1.29, 1.82) is 0 Å². The molecular weight excluding hydrogens is 236 g/mol. The number of hydrogen-bond acceptors (Lipinski definition) is 3. The van der Waals surface area contributed by atoms with Gasteiger partial charge in [-0.2, -0.15) is 0 Å². The van der Waals surface area contributed by atoms with Crippen LogP contribution in [-0.4, -0.2) is 46.4 Å². The third kappa shape index (κ3) is 2.32. The first-order valence-corrected chi connectivity index (χ1v) is 6.33. The van der Waals surface area contributed by atoms with E-state index in [9.17, 15) is 19.5 Å². The van der Waals surface area contributed by atoms with E-state index in [0.29, 0.717) is 19.4 Å². The zero-order valence-corrected chi connectivity index (χ0v) is 10.4. The molecule has 6 heteroatoms. The average molecular weight is 254 g/mol. The lowest BCUT2D eigenvalue weighted by Gasteiger charge is -2.38. The quantitative estimate of drug-likeness (QED) is 0.725. The predicted octanol–water partition coefficient (Wildman–Crippen LogP) is -0.0233. The Morgan fingerprint density at radius 2 is 2.11 bits per heavy atom. The Labute approximate surface area is 105 Å². The number of carboxylic acids is 1. The third-order valence-corrected chi connectivity index (χ3v) is 3.76. The highest BCUT2D eigenvalue weighted by Gasteiger charge is 2.40. The standard InChI is InChI=1S/C12H18N2O4/c1-7-3-2-6-14(10(7)12(17)18)11(16)8-4-5-9(15)13-8/h7-8,10H,2-6H2,1H3,(H,13,15)(H,17,18). The van der Waals surface area contributed by atoms with Crippen LogP contribution in [0.25, 0.3) is 0 Å². The van der Waals surface area contributed by atoms with Gasteiger partial charge in [0.15, 0.2) is 0 Å². The topological polar surface area (TPSA) is 86.7 Å². The molecule has 18 heavy (non-hydrogen) atoms. The van der Waals surface area contributed by atoms with E-state index in [1.165, 1.54) is 4.90 Å². The second kappa shape index (κ2) is 4.96. The van der Waals surface area contributed by atoms with Gasteiger partial charge in [-0.1, -0.05) is 6.92 Å². The molecule has 2 fully saturated rings. The van der Waals surface area contributed by atoms with E-state index in [0.717, 1.165) is 12.8 Å². The maximum Gasteiger partial charge on any atom is 0.326 e. The number of nitrogens with zero attached hydrogens (tertiary/aromatic N) is 1. The third-order valence-electron chi connectivity index (χ3n) is 3.76. The first kappa shape index (κ1) is 12.9. The number of amides is 2. The summed E-state index contributed by atoms with van der Waals surface area (Å²) in [6.45, 7) is 2.32. The van der Waals surface area contributed by atoms with Gasteiger partial charge < -0.3 is 15.3 Å². The number of likely N-dealkylation sites (tertiary alicyclic amines) is 1. The van der Waals surface area contributed by atoms with Gasteiger partial charge in [0.2, 0.25) is 11.8 Å². The Morgan fingerprint density at radius 1 is 1.39 bits per heavy atom. The molecule has 0 aromatic carbocycles. The SMILES string of the molecule is CC1CCCN(C(=O)C2CCC(=O)N2)C1C(=O)O. The molecule has 0 aliphatic carbocycles. The maximum atomic E-state index is 12.3. The summed E-state index contributed by atoms with van der Waals surface area (Å²) in [7, 11) is 0. The van der Waals surface area contributed by atoms with Crippen LogP contribution in [0.5, 0.6) is 0 Å².